The highest BCUT2D eigenvalue weighted by Gasteiger charge is 2.19. The van der Waals surface area contributed by atoms with Crippen LogP contribution in [0.15, 0.2) is 40.8 Å². The summed E-state index contributed by atoms with van der Waals surface area (Å²) in [6.07, 6.45) is 0. The number of ether oxygens (including phenoxy) is 1. The van der Waals surface area contributed by atoms with Gasteiger partial charge in [0, 0.05) is 16.0 Å². The lowest BCUT2D eigenvalue weighted by Crippen LogP contribution is -2.12. The summed E-state index contributed by atoms with van der Waals surface area (Å²) >= 11 is 6.12. The molecule has 2 N–H and O–H groups in total. The zero-order chi connectivity index (χ0) is 17.4. The molecule has 1 unspecified atom stereocenters. The van der Waals surface area contributed by atoms with Crippen LogP contribution in [0.4, 0.5) is 0 Å². The predicted octanol–water partition coefficient (Wildman–Crippen LogP) is 5.57. The Kier molecular flexibility index (Phi) is 4.57. The minimum atomic E-state index is -0.436. The first-order valence-corrected chi connectivity index (χ1v) is 8.41. The second-order valence-corrected chi connectivity index (χ2v) is 6.85. The first-order chi connectivity index (χ1) is 11.4. The Morgan fingerprint density at radius 2 is 1.83 bits per heavy atom. The number of aryl methyl sites for hydroxylation is 1. The third-order valence-corrected chi connectivity index (χ3v) is 4.61. The fourth-order valence-electron chi connectivity index (χ4n) is 3.10. The molecule has 4 heteroatoms. The third kappa shape index (κ3) is 3.02. The summed E-state index contributed by atoms with van der Waals surface area (Å²) in [4.78, 5) is 0. The highest BCUT2D eigenvalue weighted by Crippen LogP contribution is 2.34. The van der Waals surface area contributed by atoms with Crippen LogP contribution in [0.25, 0.3) is 11.0 Å². The van der Waals surface area contributed by atoms with Gasteiger partial charge in [0.2, 0.25) is 0 Å². The molecular weight excluding hydrogens is 322 g/mol. The number of fused-ring (bicyclic) bond motifs is 1. The zero-order valence-electron chi connectivity index (χ0n) is 14.4. The van der Waals surface area contributed by atoms with Gasteiger partial charge in [-0.1, -0.05) is 25.4 Å². The van der Waals surface area contributed by atoms with Crippen molar-refractivity contribution < 1.29 is 9.15 Å². The van der Waals surface area contributed by atoms with Crippen molar-refractivity contribution >= 4 is 22.6 Å². The molecule has 3 rings (SSSR count). The van der Waals surface area contributed by atoms with Crippen LogP contribution >= 0.6 is 11.6 Å². The molecule has 1 aromatic heterocycles. The van der Waals surface area contributed by atoms with Gasteiger partial charge >= 0.3 is 0 Å². The maximum Gasteiger partial charge on any atom is 0.134 e. The van der Waals surface area contributed by atoms with Crippen LogP contribution in [0.3, 0.4) is 0 Å². The van der Waals surface area contributed by atoms with Crippen molar-refractivity contribution in [1.82, 2.24) is 0 Å². The van der Waals surface area contributed by atoms with Gasteiger partial charge in [-0.3, -0.25) is 0 Å². The Morgan fingerprint density at radius 3 is 2.50 bits per heavy atom. The van der Waals surface area contributed by atoms with Gasteiger partial charge in [-0.25, -0.2) is 0 Å². The number of methoxy groups -OCH3 is 1. The van der Waals surface area contributed by atoms with Gasteiger partial charge in [-0.2, -0.15) is 0 Å². The molecule has 2 aromatic carbocycles. The monoisotopic (exact) mass is 343 g/mol. The molecule has 1 atom stereocenters. The molecule has 0 aliphatic carbocycles. The van der Waals surface area contributed by atoms with Crippen LogP contribution < -0.4 is 10.5 Å². The highest BCUT2D eigenvalue weighted by molar-refractivity contribution is 6.30. The Balaban J connectivity index is 2.08. The van der Waals surface area contributed by atoms with Crippen LogP contribution in [-0.2, 0) is 0 Å². The summed E-state index contributed by atoms with van der Waals surface area (Å²) in [6.45, 7) is 6.49. The summed E-state index contributed by atoms with van der Waals surface area (Å²) in [5.74, 6) is 1.87. The summed E-state index contributed by atoms with van der Waals surface area (Å²) < 4.78 is 11.4. The number of benzene rings is 2. The van der Waals surface area contributed by atoms with E-state index in [0.29, 0.717) is 22.5 Å². The van der Waals surface area contributed by atoms with Gasteiger partial charge in [-0.15, -0.1) is 0 Å². The Morgan fingerprint density at radius 1 is 1.08 bits per heavy atom. The van der Waals surface area contributed by atoms with Crippen molar-refractivity contribution in [2.75, 3.05) is 7.11 Å². The molecule has 3 nitrogen and oxygen atoms in total. The van der Waals surface area contributed by atoms with E-state index < -0.39 is 6.04 Å². The Labute approximate surface area is 147 Å². The van der Waals surface area contributed by atoms with E-state index in [0.717, 1.165) is 16.5 Å². The van der Waals surface area contributed by atoms with E-state index in [1.807, 2.05) is 18.2 Å². The first kappa shape index (κ1) is 16.9. The van der Waals surface area contributed by atoms with E-state index in [1.54, 1.807) is 13.2 Å². The zero-order valence-corrected chi connectivity index (χ0v) is 15.1. The second kappa shape index (κ2) is 6.50. The molecule has 24 heavy (non-hydrogen) atoms. The molecule has 0 amide bonds. The number of hydrogen-bond donors (Lipinski definition) is 1. The molecule has 3 aromatic rings. The summed E-state index contributed by atoms with van der Waals surface area (Å²) in [5, 5.41) is 1.69. The molecular formula is C20H22ClNO2. The normalized spacial score (nSPS) is 12.8. The van der Waals surface area contributed by atoms with E-state index in [1.165, 1.54) is 11.1 Å². The van der Waals surface area contributed by atoms with E-state index in [9.17, 15) is 0 Å². The average Bonchev–Trinajstić information content (AvgIpc) is 2.95. The van der Waals surface area contributed by atoms with Gasteiger partial charge in [0.05, 0.1) is 13.2 Å². The van der Waals surface area contributed by atoms with Crippen LogP contribution in [0, 0.1) is 6.92 Å². The lowest BCUT2D eigenvalue weighted by atomic mass is 9.96. The summed E-state index contributed by atoms with van der Waals surface area (Å²) in [7, 11) is 1.62. The standard InChI is InChI=1S/C20H22ClNO2/c1-11(2)15-8-13-9-19(24-18(13)7-12(15)3)20(22)16-10-14(21)5-6-17(16)23-4/h5-11,20H,22H2,1-4H3. The number of nitrogens with two attached hydrogens (primary N) is 1. The van der Waals surface area contributed by atoms with Crippen LogP contribution in [0.5, 0.6) is 5.75 Å². The number of furan rings is 1. The van der Waals surface area contributed by atoms with Gasteiger partial charge in [0.1, 0.15) is 17.1 Å². The summed E-state index contributed by atoms with van der Waals surface area (Å²) in [5.41, 5.74) is 10.6. The molecule has 0 fully saturated rings. The topological polar surface area (TPSA) is 48.4 Å². The molecule has 1 heterocycles. The quantitative estimate of drug-likeness (QED) is 0.673. The molecule has 0 radical (unpaired) electrons. The maximum atomic E-state index is 6.43. The molecule has 0 bridgehead atoms. The maximum absolute atomic E-state index is 6.43. The fraction of sp³-hybridized carbons (Fsp3) is 0.300. The molecule has 0 spiro atoms. The van der Waals surface area contributed by atoms with E-state index in [2.05, 4.69) is 32.9 Å². The van der Waals surface area contributed by atoms with Gasteiger partial charge in [0.25, 0.3) is 0 Å². The van der Waals surface area contributed by atoms with E-state index in [-0.39, 0.29) is 0 Å². The molecule has 126 valence electrons. The smallest absolute Gasteiger partial charge is 0.134 e. The fourth-order valence-corrected chi connectivity index (χ4v) is 3.28. The van der Waals surface area contributed by atoms with Gasteiger partial charge in [0.15, 0.2) is 0 Å². The molecule has 0 aliphatic heterocycles. The average molecular weight is 344 g/mol. The SMILES string of the molecule is COc1ccc(Cl)cc1C(N)c1cc2cc(C(C)C)c(C)cc2o1. The van der Waals surface area contributed by atoms with Crippen LogP contribution in [-0.4, -0.2) is 7.11 Å². The first-order valence-electron chi connectivity index (χ1n) is 8.03. The highest BCUT2D eigenvalue weighted by atomic mass is 35.5. The van der Waals surface area contributed by atoms with E-state index in [4.69, 9.17) is 26.5 Å². The van der Waals surface area contributed by atoms with Crippen LogP contribution in [0.2, 0.25) is 5.02 Å². The van der Waals surface area contributed by atoms with Gasteiger partial charge < -0.3 is 14.9 Å². The minimum absolute atomic E-state index is 0.436. The molecule has 0 aliphatic rings. The van der Waals surface area contributed by atoms with Crippen molar-refractivity contribution in [3.63, 3.8) is 0 Å². The van der Waals surface area contributed by atoms with Crippen molar-refractivity contribution in [1.29, 1.82) is 0 Å². The Bertz CT molecular complexity index is 883. The van der Waals surface area contributed by atoms with Crippen molar-refractivity contribution in [3.05, 3.63) is 63.9 Å². The predicted molar refractivity (Wildman–Crippen MR) is 99.1 cm³/mol. The number of rotatable bonds is 4. The van der Waals surface area contributed by atoms with Crippen molar-refractivity contribution in [2.45, 2.75) is 32.7 Å². The number of halogens is 1. The largest absolute Gasteiger partial charge is 0.496 e. The summed E-state index contributed by atoms with van der Waals surface area (Å²) in [6, 6.07) is 11.3. The van der Waals surface area contributed by atoms with E-state index >= 15 is 0 Å². The van der Waals surface area contributed by atoms with Gasteiger partial charge in [-0.05, 0) is 60.4 Å². The lowest BCUT2D eigenvalue weighted by molar-refractivity contribution is 0.404. The molecule has 0 saturated heterocycles. The Hall–Kier alpha value is -1.97. The van der Waals surface area contributed by atoms with Crippen LogP contribution in [0.1, 0.15) is 48.3 Å². The third-order valence-electron chi connectivity index (χ3n) is 4.38. The molecule has 0 saturated carbocycles. The lowest BCUT2D eigenvalue weighted by Gasteiger charge is -2.14. The van der Waals surface area contributed by atoms with Crippen molar-refractivity contribution in [3.8, 4) is 5.75 Å². The van der Waals surface area contributed by atoms with Crippen molar-refractivity contribution in [2.24, 2.45) is 5.73 Å². The second-order valence-electron chi connectivity index (χ2n) is 6.41. The number of hydrogen-bond acceptors (Lipinski definition) is 3. The minimum Gasteiger partial charge on any atom is -0.496 e.